The first kappa shape index (κ1) is 15.2. The quantitative estimate of drug-likeness (QED) is 0.551. The summed E-state index contributed by atoms with van der Waals surface area (Å²) in [5.41, 5.74) is 1.56. The molecule has 5 heteroatoms. The molecule has 0 saturated heterocycles. The minimum absolute atomic E-state index is 0.0248. The second-order valence-electron chi connectivity index (χ2n) is 5.51. The van der Waals surface area contributed by atoms with E-state index in [0.717, 1.165) is 0 Å². The molecule has 0 aliphatic rings. The van der Waals surface area contributed by atoms with Crippen molar-refractivity contribution in [3.05, 3.63) is 84.7 Å². The fourth-order valence-corrected chi connectivity index (χ4v) is 2.72. The molecule has 0 bridgehead atoms. The lowest BCUT2D eigenvalue weighted by Gasteiger charge is -2.14. The molecular formula is C20H13F2N3. The highest BCUT2D eigenvalue weighted by Gasteiger charge is 2.18. The molecule has 0 amide bonds. The van der Waals surface area contributed by atoms with Crippen LogP contribution in [0, 0.1) is 11.6 Å². The summed E-state index contributed by atoms with van der Waals surface area (Å²) < 4.78 is 29.4. The van der Waals surface area contributed by atoms with E-state index in [1.54, 1.807) is 54.9 Å². The van der Waals surface area contributed by atoms with Gasteiger partial charge in [-0.3, -0.25) is 4.98 Å². The van der Waals surface area contributed by atoms with Gasteiger partial charge in [0.15, 0.2) is 5.82 Å². The summed E-state index contributed by atoms with van der Waals surface area (Å²) in [6.45, 7) is 0. The average molecular weight is 333 g/mol. The minimum Gasteiger partial charge on any atom is -0.351 e. The van der Waals surface area contributed by atoms with Crippen LogP contribution < -0.4 is 5.32 Å². The molecule has 0 saturated carbocycles. The Kier molecular flexibility index (Phi) is 3.82. The molecule has 0 aliphatic carbocycles. The van der Waals surface area contributed by atoms with Gasteiger partial charge in [0.25, 0.3) is 0 Å². The number of rotatable bonds is 3. The standard InChI is InChI=1S/C20H13F2N3/c21-16-9-3-1-7-14(16)19-18(22)20(24-13-6-5-11-23-12-13)15-8-2-4-10-17(15)25-19/h1-12H,(H,24,25). The van der Waals surface area contributed by atoms with Gasteiger partial charge in [0.1, 0.15) is 11.5 Å². The maximum atomic E-state index is 15.2. The predicted octanol–water partition coefficient (Wildman–Crippen LogP) is 5.32. The van der Waals surface area contributed by atoms with E-state index in [2.05, 4.69) is 15.3 Å². The zero-order valence-corrected chi connectivity index (χ0v) is 13.1. The Bertz CT molecular complexity index is 1050. The lowest BCUT2D eigenvalue weighted by Crippen LogP contribution is -2.01. The zero-order chi connectivity index (χ0) is 17.2. The van der Waals surface area contributed by atoms with Crippen molar-refractivity contribution in [3.8, 4) is 11.3 Å². The lowest BCUT2D eigenvalue weighted by atomic mass is 10.1. The van der Waals surface area contributed by atoms with Crippen LogP contribution in [-0.4, -0.2) is 9.97 Å². The first-order valence-corrected chi connectivity index (χ1v) is 7.74. The van der Waals surface area contributed by atoms with Gasteiger partial charge < -0.3 is 5.32 Å². The molecule has 4 rings (SSSR count). The van der Waals surface area contributed by atoms with E-state index in [9.17, 15) is 4.39 Å². The molecule has 1 N–H and O–H groups in total. The maximum Gasteiger partial charge on any atom is 0.173 e. The fraction of sp³-hybridized carbons (Fsp3) is 0. The molecule has 0 radical (unpaired) electrons. The Morgan fingerprint density at radius 2 is 1.64 bits per heavy atom. The van der Waals surface area contributed by atoms with Crippen LogP contribution in [0.4, 0.5) is 20.2 Å². The summed E-state index contributed by atoms with van der Waals surface area (Å²) in [7, 11) is 0. The third kappa shape index (κ3) is 2.80. The van der Waals surface area contributed by atoms with Gasteiger partial charge in [0, 0.05) is 17.1 Å². The van der Waals surface area contributed by atoms with E-state index >= 15 is 4.39 Å². The number of anilines is 2. The minimum atomic E-state index is -0.604. The van der Waals surface area contributed by atoms with Crippen molar-refractivity contribution in [3.63, 3.8) is 0 Å². The molecule has 0 aliphatic heterocycles. The Labute approximate surface area is 143 Å². The van der Waals surface area contributed by atoms with Gasteiger partial charge >= 0.3 is 0 Å². The Hall–Kier alpha value is -3.34. The molecule has 0 spiro atoms. The summed E-state index contributed by atoms with van der Waals surface area (Å²) >= 11 is 0. The molecule has 2 aromatic carbocycles. The van der Waals surface area contributed by atoms with Crippen molar-refractivity contribution in [2.75, 3.05) is 5.32 Å². The molecule has 0 atom stereocenters. The SMILES string of the molecule is Fc1ccccc1-c1nc2ccccc2c(Nc2cccnc2)c1F. The van der Waals surface area contributed by atoms with Crippen LogP contribution in [0.15, 0.2) is 73.1 Å². The highest BCUT2D eigenvalue weighted by Crippen LogP contribution is 2.34. The molecule has 25 heavy (non-hydrogen) atoms. The van der Waals surface area contributed by atoms with Gasteiger partial charge in [-0.1, -0.05) is 30.3 Å². The molecule has 3 nitrogen and oxygen atoms in total. The van der Waals surface area contributed by atoms with Gasteiger partial charge in [0.2, 0.25) is 0 Å². The third-order valence-corrected chi connectivity index (χ3v) is 3.89. The van der Waals surface area contributed by atoms with E-state index in [1.165, 1.54) is 12.1 Å². The first-order chi connectivity index (χ1) is 12.2. The average Bonchev–Trinajstić information content (AvgIpc) is 2.65. The van der Waals surface area contributed by atoms with Crippen molar-refractivity contribution in [1.29, 1.82) is 0 Å². The monoisotopic (exact) mass is 333 g/mol. The molecule has 0 fully saturated rings. The normalized spacial score (nSPS) is 10.8. The largest absolute Gasteiger partial charge is 0.351 e. The third-order valence-electron chi connectivity index (χ3n) is 3.89. The smallest absolute Gasteiger partial charge is 0.173 e. The van der Waals surface area contributed by atoms with Gasteiger partial charge in [-0.15, -0.1) is 0 Å². The number of nitrogens with one attached hydrogen (secondary N) is 1. The molecule has 0 unspecified atom stereocenters. The molecule has 122 valence electrons. The van der Waals surface area contributed by atoms with Crippen molar-refractivity contribution in [1.82, 2.24) is 9.97 Å². The van der Waals surface area contributed by atoms with E-state index in [0.29, 0.717) is 16.6 Å². The fourth-order valence-electron chi connectivity index (χ4n) is 2.72. The Balaban J connectivity index is 1.97. The topological polar surface area (TPSA) is 37.8 Å². The molecule has 2 aromatic heterocycles. The molecular weight excluding hydrogens is 320 g/mol. The molecule has 4 aromatic rings. The van der Waals surface area contributed by atoms with E-state index in [1.807, 2.05) is 6.07 Å². The number of benzene rings is 2. The second-order valence-corrected chi connectivity index (χ2v) is 5.51. The van der Waals surface area contributed by atoms with Crippen LogP contribution in [-0.2, 0) is 0 Å². The first-order valence-electron chi connectivity index (χ1n) is 7.74. The van der Waals surface area contributed by atoms with Crippen LogP contribution in [0.3, 0.4) is 0 Å². The van der Waals surface area contributed by atoms with Crippen LogP contribution in [0.1, 0.15) is 0 Å². The van der Waals surface area contributed by atoms with Crippen molar-refractivity contribution in [2.45, 2.75) is 0 Å². The number of pyridine rings is 2. The van der Waals surface area contributed by atoms with Crippen LogP contribution in [0.5, 0.6) is 0 Å². The summed E-state index contributed by atoms with van der Waals surface area (Å²) in [4.78, 5) is 8.36. The summed E-state index contributed by atoms with van der Waals surface area (Å²) in [5, 5.41) is 3.66. The van der Waals surface area contributed by atoms with Crippen LogP contribution >= 0.6 is 0 Å². The number of hydrogen-bond acceptors (Lipinski definition) is 3. The van der Waals surface area contributed by atoms with Crippen molar-refractivity contribution in [2.24, 2.45) is 0 Å². The number of nitrogens with zero attached hydrogens (tertiary/aromatic N) is 2. The Morgan fingerprint density at radius 3 is 2.44 bits per heavy atom. The van der Waals surface area contributed by atoms with Gasteiger partial charge in [-0.25, -0.2) is 13.8 Å². The van der Waals surface area contributed by atoms with E-state index < -0.39 is 11.6 Å². The lowest BCUT2D eigenvalue weighted by molar-refractivity contribution is 0.615. The summed E-state index contributed by atoms with van der Waals surface area (Å²) in [6.07, 6.45) is 3.23. The second kappa shape index (κ2) is 6.28. The number of aromatic nitrogens is 2. The highest BCUT2D eigenvalue weighted by molar-refractivity contribution is 5.95. The maximum absolute atomic E-state index is 15.2. The predicted molar refractivity (Wildman–Crippen MR) is 94.6 cm³/mol. The van der Waals surface area contributed by atoms with Crippen molar-refractivity contribution >= 4 is 22.3 Å². The van der Waals surface area contributed by atoms with Crippen LogP contribution in [0.25, 0.3) is 22.2 Å². The van der Waals surface area contributed by atoms with E-state index in [-0.39, 0.29) is 16.9 Å². The van der Waals surface area contributed by atoms with Crippen molar-refractivity contribution < 1.29 is 8.78 Å². The summed E-state index contributed by atoms with van der Waals surface area (Å²) in [6, 6.07) is 16.7. The number of fused-ring (bicyclic) bond motifs is 1. The highest BCUT2D eigenvalue weighted by atomic mass is 19.1. The van der Waals surface area contributed by atoms with Gasteiger partial charge in [-0.05, 0) is 30.3 Å². The Morgan fingerprint density at radius 1 is 0.840 bits per heavy atom. The molecule has 2 heterocycles. The van der Waals surface area contributed by atoms with E-state index in [4.69, 9.17) is 0 Å². The summed E-state index contributed by atoms with van der Waals surface area (Å²) in [5.74, 6) is -1.12. The van der Waals surface area contributed by atoms with Crippen LogP contribution in [0.2, 0.25) is 0 Å². The number of halogens is 2. The number of para-hydroxylation sites is 1. The number of hydrogen-bond donors (Lipinski definition) is 1. The zero-order valence-electron chi connectivity index (χ0n) is 13.1. The van der Waals surface area contributed by atoms with Gasteiger partial charge in [-0.2, -0.15) is 0 Å². The van der Waals surface area contributed by atoms with Gasteiger partial charge in [0.05, 0.1) is 23.1 Å².